The molecule has 15 heavy (non-hydrogen) atoms. The average Bonchev–Trinajstić information content (AvgIpc) is 2.23. The lowest BCUT2D eigenvalue weighted by atomic mass is 10.1. The molecule has 3 nitrogen and oxygen atoms in total. The molecule has 0 saturated heterocycles. The summed E-state index contributed by atoms with van der Waals surface area (Å²) in [5.41, 5.74) is 9.13. The van der Waals surface area contributed by atoms with Crippen LogP contribution in [0.3, 0.4) is 0 Å². The first kappa shape index (κ1) is 10.1. The third-order valence-electron chi connectivity index (χ3n) is 2.45. The summed E-state index contributed by atoms with van der Waals surface area (Å²) in [4.78, 5) is 4.25. The molecule has 0 bridgehead atoms. The van der Waals surface area contributed by atoms with Gasteiger partial charge >= 0.3 is 0 Å². The maximum atomic E-state index is 6.18. The van der Waals surface area contributed by atoms with Crippen LogP contribution in [0, 0.1) is 6.92 Å². The summed E-state index contributed by atoms with van der Waals surface area (Å²) >= 11 is 6.18. The zero-order valence-electron chi connectivity index (χ0n) is 8.63. The Hall–Kier alpha value is -1.48. The highest BCUT2D eigenvalue weighted by molar-refractivity contribution is 6.36. The molecule has 78 valence electrons. The lowest BCUT2D eigenvalue weighted by Gasteiger charge is -2.10. The van der Waals surface area contributed by atoms with E-state index in [0.717, 1.165) is 22.2 Å². The van der Waals surface area contributed by atoms with E-state index in [4.69, 9.17) is 17.3 Å². The van der Waals surface area contributed by atoms with E-state index in [1.54, 1.807) is 6.20 Å². The molecule has 0 spiro atoms. The predicted octanol–water partition coefficient (Wildman–Crippen LogP) is 2.82. The van der Waals surface area contributed by atoms with Gasteiger partial charge in [0.25, 0.3) is 0 Å². The van der Waals surface area contributed by atoms with Crippen LogP contribution in [0.25, 0.3) is 10.9 Å². The van der Waals surface area contributed by atoms with E-state index in [-0.39, 0.29) is 0 Å². The second kappa shape index (κ2) is 3.59. The zero-order chi connectivity index (χ0) is 11.0. The number of nitrogens with zero attached hydrogens (tertiary/aromatic N) is 1. The molecule has 1 heterocycles. The summed E-state index contributed by atoms with van der Waals surface area (Å²) in [5, 5.41) is 4.70. The van der Waals surface area contributed by atoms with E-state index in [2.05, 4.69) is 10.3 Å². The molecule has 1 aromatic carbocycles. The first-order valence-electron chi connectivity index (χ1n) is 4.66. The SMILES string of the molecule is CNc1c(N)cnc2c(Cl)c(C)ccc12. The smallest absolute Gasteiger partial charge is 0.0913 e. The third kappa shape index (κ3) is 1.49. The van der Waals surface area contributed by atoms with Gasteiger partial charge in [-0.1, -0.05) is 23.7 Å². The number of halogens is 1. The van der Waals surface area contributed by atoms with Crippen LogP contribution >= 0.6 is 11.6 Å². The number of aromatic nitrogens is 1. The van der Waals surface area contributed by atoms with E-state index in [9.17, 15) is 0 Å². The maximum Gasteiger partial charge on any atom is 0.0913 e. The van der Waals surface area contributed by atoms with Crippen LogP contribution in [0.4, 0.5) is 11.4 Å². The molecule has 1 aromatic heterocycles. The van der Waals surface area contributed by atoms with Crippen molar-refractivity contribution in [2.45, 2.75) is 6.92 Å². The summed E-state index contributed by atoms with van der Waals surface area (Å²) in [7, 11) is 1.83. The number of hydrogen-bond donors (Lipinski definition) is 2. The van der Waals surface area contributed by atoms with Crippen molar-refractivity contribution in [2.75, 3.05) is 18.1 Å². The molecule has 4 heteroatoms. The molecule has 0 fully saturated rings. The Balaban J connectivity index is 2.89. The molecule has 0 saturated carbocycles. The fourth-order valence-corrected chi connectivity index (χ4v) is 1.84. The van der Waals surface area contributed by atoms with Crippen molar-refractivity contribution in [3.8, 4) is 0 Å². The number of hydrogen-bond acceptors (Lipinski definition) is 3. The van der Waals surface area contributed by atoms with Crippen LogP contribution in [0.15, 0.2) is 18.3 Å². The van der Waals surface area contributed by atoms with Gasteiger partial charge in [0.15, 0.2) is 0 Å². The molecule has 2 rings (SSSR count). The van der Waals surface area contributed by atoms with Gasteiger partial charge in [0.2, 0.25) is 0 Å². The van der Waals surface area contributed by atoms with Crippen molar-refractivity contribution < 1.29 is 0 Å². The minimum Gasteiger partial charge on any atom is -0.396 e. The van der Waals surface area contributed by atoms with Gasteiger partial charge in [0.1, 0.15) is 0 Å². The second-order valence-corrected chi connectivity index (χ2v) is 3.81. The molecule has 0 radical (unpaired) electrons. The topological polar surface area (TPSA) is 50.9 Å². The quantitative estimate of drug-likeness (QED) is 0.779. The largest absolute Gasteiger partial charge is 0.396 e. The molecule has 0 amide bonds. The number of nitrogens with one attached hydrogen (secondary N) is 1. The molecule has 0 aliphatic rings. The Morgan fingerprint density at radius 2 is 2.13 bits per heavy atom. The molecular formula is C11H12ClN3. The lowest BCUT2D eigenvalue weighted by Crippen LogP contribution is -1.98. The third-order valence-corrected chi connectivity index (χ3v) is 2.93. The first-order valence-corrected chi connectivity index (χ1v) is 5.04. The van der Waals surface area contributed by atoms with Crippen molar-refractivity contribution in [2.24, 2.45) is 0 Å². The monoisotopic (exact) mass is 221 g/mol. The Morgan fingerprint density at radius 1 is 1.40 bits per heavy atom. The van der Waals surface area contributed by atoms with Crippen molar-refractivity contribution in [1.29, 1.82) is 0 Å². The molecule has 0 atom stereocenters. The first-order chi connectivity index (χ1) is 7.15. The van der Waals surface area contributed by atoms with Gasteiger partial charge in [-0.15, -0.1) is 0 Å². The van der Waals surface area contributed by atoms with Crippen LogP contribution < -0.4 is 11.1 Å². The normalized spacial score (nSPS) is 10.6. The van der Waals surface area contributed by atoms with Crippen LogP contribution in [0.2, 0.25) is 5.02 Å². The number of nitrogen functional groups attached to an aromatic ring is 1. The van der Waals surface area contributed by atoms with E-state index >= 15 is 0 Å². The molecular weight excluding hydrogens is 210 g/mol. The van der Waals surface area contributed by atoms with Crippen LogP contribution in [-0.4, -0.2) is 12.0 Å². The van der Waals surface area contributed by atoms with E-state index in [1.807, 2.05) is 26.1 Å². The van der Waals surface area contributed by atoms with Gasteiger partial charge < -0.3 is 11.1 Å². The number of rotatable bonds is 1. The fraction of sp³-hybridized carbons (Fsp3) is 0.182. The molecule has 0 unspecified atom stereocenters. The van der Waals surface area contributed by atoms with Gasteiger partial charge in [-0.3, -0.25) is 4.98 Å². The van der Waals surface area contributed by atoms with Crippen molar-refractivity contribution in [3.63, 3.8) is 0 Å². The van der Waals surface area contributed by atoms with Crippen molar-refractivity contribution in [1.82, 2.24) is 4.98 Å². The fourth-order valence-electron chi connectivity index (χ4n) is 1.63. The van der Waals surface area contributed by atoms with Crippen molar-refractivity contribution >= 4 is 33.9 Å². The summed E-state index contributed by atoms with van der Waals surface area (Å²) in [6.45, 7) is 1.96. The Bertz CT molecular complexity index is 523. The van der Waals surface area contributed by atoms with Gasteiger partial charge in [-0.25, -0.2) is 0 Å². The number of fused-ring (bicyclic) bond motifs is 1. The van der Waals surface area contributed by atoms with Crippen LogP contribution in [-0.2, 0) is 0 Å². The van der Waals surface area contributed by atoms with Gasteiger partial charge in [0.05, 0.1) is 28.1 Å². The summed E-state index contributed by atoms with van der Waals surface area (Å²) in [5.74, 6) is 0. The predicted molar refractivity (Wildman–Crippen MR) is 65.4 cm³/mol. The van der Waals surface area contributed by atoms with Gasteiger partial charge in [-0.05, 0) is 12.5 Å². The number of nitrogens with two attached hydrogens (primary N) is 1. The summed E-state index contributed by atoms with van der Waals surface area (Å²) < 4.78 is 0. The highest BCUT2D eigenvalue weighted by atomic mass is 35.5. The van der Waals surface area contributed by atoms with E-state index < -0.39 is 0 Å². The number of benzene rings is 1. The highest BCUT2D eigenvalue weighted by Gasteiger charge is 2.09. The highest BCUT2D eigenvalue weighted by Crippen LogP contribution is 2.32. The van der Waals surface area contributed by atoms with Crippen molar-refractivity contribution in [3.05, 3.63) is 28.9 Å². The number of aryl methyl sites for hydroxylation is 1. The molecule has 2 aromatic rings. The molecule has 3 N–H and O–H groups in total. The Morgan fingerprint density at radius 3 is 2.80 bits per heavy atom. The average molecular weight is 222 g/mol. The lowest BCUT2D eigenvalue weighted by molar-refractivity contribution is 1.38. The Kier molecular flexibility index (Phi) is 2.40. The number of pyridine rings is 1. The van der Waals surface area contributed by atoms with Crippen LogP contribution in [0.1, 0.15) is 5.56 Å². The maximum absolute atomic E-state index is 6.18. The Labute approximate surface area is 93.3 Å². The van der Waals surface area contributed by atoms with E-state index in [1.165, 1.54) is 0 Å². The summed E-state index contributed by atoms with van der Waals surface area (Å²) in [6.07, 6.45) is 1.62. The minimum atomic E-state index is 0.630. The molecule has 0 aliphatic carbocycles. The van der Waals surface area contributed by atoms with Gasteiger partial charge in [0, 0.05) is 12.4 Å². The standard InChI is InChI=1S/C11H12ClN3/c1-6-3-4-7-10(14-2)8(13)5-15-11(7)9(6)12/h3-5H,13H2,1-2H3,(H,14,15). The minimum absolute atomic E-state index is 0.630. The van der Waals surface area contributed by atoms with Gasteiger partial charge in [-0.2, -0.15) is 0 Å². The summed E-state index contributed by atoms with van der Waals surface area (Å²) in [6, 6.07) is 3.94. The zero-order valence-corrected chi connectivity index (χ0v) is 9.39. The number of anilines is 2. The molecule has 0 aliphatic heterocycles. The van der Waals surface area contributed by atoms with E-state index in [0.29, 0.717) is 10.7 Å². The van der Waals surface area contributed by atoms with Crippen LogP contribution in [0.5, 0.6) is 0 Å². The second-order valence-electron chi connectivity index (χ2n) is 3.43.